The summed E-state index contributed by atoms with van der Waals surface area (Å²) in [5, 5.41) is 18.3. The zero-order valence-electron chi connectivity index (χ0n) is 21.2. The van der Waals surface area contributed by atoms with E-state index in [-0.39, 0.29) is 28.8 Å². The minimum atomic E-state index is -0.807. The average Bonchev–Trinajstić information content (AvgIpc) is 3.12. The van der Waals surface area contributed by atoms with Crippen LogP contribution >= 0.6 is 11.3 Å². The van der Waals surface area contributed by atoms with Crippen LogP contribution in [0.15, 0.2) is 24.3 Å². The van der Waals surface area contributed by atoms with E-state index >= 15 is 0 Å². The van der Waals surface area contributed by atoms with E-state index in [4.69, 9.17) is 4.98 Å². The molecule has 2 fully saturated rings. The van der Waals surface area contributed by atoms with Crippen molar-refractivity contribution in [2.45, 2.75) is 52.6 Å². The molecular formula is C27H33N5O3S. The maximum Gasteiger partial charge on any atom is 0.407 e. The van der Waals surface area contributed by atoms with Gasteiger partial charge in [-0.3, -0.25) is 4.79 Å². The van der Waals surface area contributed by atoms with Crippen molar-refractivity contribution in [2.75, 3.05) is 36.4 Å². The number of hydrogen-bond donors (Lipinski definition) is 3. The standard InChI is InChI=1S/C27H33N5O3S/c1-15-13-28-21-20-16-5-8-19(30-17(16)6-7-18(20)36-22(21)23(33)29-15)31-11-9-27(10-12-31)14-32(25(34)35)24(27)26(2,3)4/h5-8,15,24,28H,9-14H2,1-4H3,(H,29,33)(H,34,35)/t15-,24-/m1/s1. The van der Waals surface area contributed by atoms with Gasteiger partial charge in [-0.2, -0.15) is 0 Å². The van der Waals surface area contributed by atoms with Gasteiger partial charge in [0.2, 0.25) is 0 Å². The molecule has 0 bridgehead atoms. The van der Waals surface area contributed by atoms with E-state index in [1.807, 2.05) is 6.92 Å². The van der Waals surface area contributed by atoms with Gasteiger partial charge in [0.1, 0.15) is 10.7 Å². The van der Waals surface area contributed by atoms with Crippen LogP contribution in [0.1, 0.15) is 50.2 Å². The molecule has 2 aromatic heterocycles. The van der Waals surface area contributed by atoms with Gasteiger partial charge < -0.3 is 25.5 Å². The Labute approximate surface area is 214 Å². The van der Waals surface area contributed by atoms with Gasteiger partial charge in [0.15, 0.2) is 0 Å². The van der Waals surface area contributed by atoms with Crippen molar-refractivity contribution < 1.29 is 14.7 Å². The van der Waals surface area contributed by atoms with Crippen LogP contribution in [-0.4, -0.2) is 65.3 Å². The lowest BCUT2D eigenvalue weighted by atomic mass is 9.58. The third-order valence-corrected chi connectivity index (χ3v) is 9.36. The van der Waals surface area contributed by atoms with Gasteiger partial charge in [-0.05, 0) is 49.4 Å². The number of carboxylic acid groups (broad SMARTS) is 1. The highest BCUT2D eigenvalue weighted by Crippen LogP contribution is 2.53. The van der Waals surface area contributed by atoms with E-state index in [0.29, 0.717) is 13.1 Å². The first-order chi connectivity index (χ1) is 17.1. The molecule has 1 spiro atoms. The number of thiophene rings is 1. The number of pyridine rings is 1. The van der Waals surface area contributed by atoms with Crippen molar-refractivity contribution in [1.29, 1.82) is 0 Å². The Balaban J connectivity index is 1.28. The minimum absolute atomic E-state index is 0.0188. The summed E-state index contributed by atoms with van der Waals surface area (Å²) in [6, 6.07) is 8.47. The number of carbonyl (C=O) groups is 2. The van der Waals surface area contributed by atoms with Crippen molar-refractivity contribution in [3.63, 3.8) is 0 Å². The van der Waals surface area contributed by atoms with Gasteiger partial charge >= 0.3 is 6.09 Å². The Hall–Kier alpha value is -3.07. The van der Waals surface area contributed by atoms with E-state index in [2.05, 4.69) is 60.6 Å². The lowest BCUT2D eigenvalue weighted by Gasteiger charge is -2.63. The van der Waals surface area contributed by atoms with Crippen LogP contribution in [0.4, 0.5) is 16.3 Å². The molecule has 3 aliphatic rings. The topological polar surface area (TPSA) is 97.8 Å². The van der Waals surface area contributed by atoms with Crippen molar-refractivity contribution in [1.82, 2.24) is 15.2 Å². The number of nitrogens with one attached hydrogen (secondary N) is 2. The number of hydrogen-bond acceptors (Lipinski definition) is 6. The summed E-state index contributed by atoms with van der Waals surface area (Å²) in [5.74, 6) is 0.939. The number of aromatic nitrogens is 1. The summed E-state index contributed by atoms with van der Waals surface area (Å²) in [7, 11) is 0. The molecule has 3 aliphatic heterocycles. The van der Waals surface area contributed by atoms with Crippen LogP contribution in [0, 0.1) is 10.8 Å². The van der Waals surface area contributed by atoms with E-state index in [0.717, 1.165) is 63.3 Å². The first-order valence-corrected chi connectivity index (χ1v) is 13.5. The van der Waals surface area contributed by atoms with Crippen LogP contribution in [0.5, 0.6) is 0 Å². The molecule has 1 aromatic carbocycles. The van der Waals surface area contributed by atoms with Gasteiger partial charge in [0, 0.05) is 59.2 Å². The molecule has 8 nitrogen and oxygen atoms in total. The van der Waals surface area contributed by atoms with Crippen LogP contribution in [0.25, 0.3) is 21.0 Å². The predicted molar refractivity (Wildman–Crippen MR) is 144 cm³/mol. The number of benzene rings is 1. The molecule has 3 N–H and O–H groups in total. The monoisotopic (exact) mass is 507 g/mol. The lowest BCUT2D eigenvalue weighted by molar-refractivity contribution is -0.119. The molecule has 0 aliphatic carbocycles. The van der Waals surface area contributed by atoms with E-state index in [1.54, 1.807) is 4.90 Å². The summed E-state index contributed by atoms with van der Waals surface area (Å²) in [6.45, 7) is 11.5. The van der Waals surface area contributed by atoms with Gasteiger partial charge in [0.05, 0.1) is 11.2 Å². The highest BCUT2D eigenvalue weighted by Gasteiger charge is 2.59. The summed E-state index contributed by atoms with van der Waals surface area (Å²) >= 11 is 1.52. The number of fused-ring (bicyclic) bond motifs is 5. The molecule has 190 valence electrons. The third kappa shape index (κ3) is 3.50. The van der Waals surface area contributed by atoms with Crippen molar-refractivity contribution in [3.8, 4) is 0 Å². The molecule has 2 atom stereocenters. The summed E-state index contributed by atoms with van der Waals surface area (Å²) in [6.07, 6.45) is 1.12. The van der Waals surface area contributed by atoms with E-state index < -0.39 is 6.09 Å². The minimum Gasteiger partial charge on any atom is -0.465 e. The second kappa shape index (κ2) is 7.96. The highest BCUT2D eigenvalue weighted by molar-refractivity contribution is 7.21. The highest BCUT2D eigenvalue weighted by atomic mass is 32.1. The lowest BCUT2D eigenvalue weighted by Crippen LogP contribution is -2.72. The van der Waals surface area contributed by atoms with Gasteiger partial charge in [0.25, 0.3) is 5.91 Å². The quantitative estimate of drug-likeness (QED) is 0.429. The van der Waals surface area contributed by atoms with E-state index in [1.165, 1.54) is 11.3 Å². The summed E-state index contributed by atoms with van der Waals surface area (Å²) in [5.41, 5.74) is 1.80. The van der Waals surface area contributed by atoms with Crippen LogP contribution in [-0.2, 0) is 0 Å². The maximum atomic E-state index is 12.7. The fraction of sp³-hybridized carbons (Fsp3) is 0.519. The number of rotatable bonds is 1. The molecule has 3 aromatic rings. The molecule has 2 saturated heterocycles. The smallest absolute Gasteiger partial charge is 0.407 e. The van der Waals surface area contributed by atoms with Crippen molar-refractivity contribution in [3.05, 3.63) is 29.1 Å². The molecular weight excluding hydrogens is 474 g/mol. The molecule has 0 radical (unpaired) electrons. The Morgan fingerprint density at radius 3 is 2.64 bits per heavy atom. The SMILES string of the molecule is C[C@@H]1CNc2c(sc3ccc4nc(N5CCC6(CC5)CN(C(=O)O)[C@@H]6C(C)(C)C)ccc4c23)C(=O)N1. The Kier molecular flexibility index (Phi) is 5.16. The second-order valence-electron chi connectivity index (χ2n) is 11.8. The van der Waals surface area contributed by atoms with Crippen LogP contribution in [0.3, 0.4) is 0 Å². The fourth-order valence-electron chi connectivity index (χ4n) is 6.80. The second-order valence-corrected chi connectivity index (χ2v) is 12.8. The summed E-state index contributed by atoms with van der Waals surface area (Å²) < 4.78 is 1.08. The van der Waals surface area contributed by atoms with Crippen LogP contribution < -0.4 is 15.5 Å². The Morgan fingerprint density at radius 1 is 1.19 bits per heavy atom. The zero-order valence-corrected chi connectivity index (χ0v) is 22.0. The van der Waals surface area contributed by atoms with Gasteiger partial charge in [-0.25, -0.2) is 9.78 Å². The largest absolute Gasteiger partial charge is 0.465 e. The third-order valence-electron chi connectivity index (χ3n) is 8.20. The number of nitrogens with zero attached hydrogens (tertiary/aromatic N) is 3. The van der Waals surface area contributed by atoms with Crippen molar-refractivity contribution >= 4 is 55.8 Å². The maximum absolute atomic E-state index is 12.7. The molecule has 0 saturated carbocycles. The average molecular weight is 508 g/mol. The molecule has 2 amide bonds. The summed E-state index contributed by atoms with van der Waals surface area (Å²) in [4.78, 5) is 34.2. The zero-order chi connectivity index (χ0) is 25.4. The van der Waals surface area contributed by atoms with E-state index in [9.17, 15) is 14.7 Å². The van der Waals surface area contributed by atoms with Gasteiger partial charge in [-0.15, -0.1) is 11.3 Å². The normalized spacial score (nSPS) is 23.7. The molecule has 9 heteroatoms. The fourth-order valence-corrected chi connectivity index (χ4v) is 7.90. The first kappa shape index (κ1) is 23.3. The van der Waals surface area contributed by atoms with Crippen LogP contribution in [0.2, 0.25) is 0 Å². The Morgan fingerprint density at radius 2 is 1.94 bits per heavy atom. The number of anilines is 2. The number of amides is 2. The number of carbonyl (C=O) groups excluding carboxylic acids is 1. The van der Waals surface area contributed by atoms with Crippen molar-refractivity contribution in [2.24, 2.45) is 10.8 Å². The predicted octanol–water partition coefficient (Wildman–Crippen LogP) is 4.99. The first-order valence-electron chi connectivity index (χ1n) is 12.7. The van der Waals surface area contributed by atoms with Gasteiger partial charge in [-0.1, -0.05) is 20.8 Å². The molecule has 5 heterocycles. The number of likely N-dealkylation sites (tertiary alicyclic amines) is 1. The molecule has 36 heavy (non-hydrogen) atoms. The Bertz CT molecular complexity index is 1390. The molecule has 0 unspecified atom stereocenters. The number of piperidine rings is 1. The molecule has 6 rings (SSSR count).